The van der Waals surface area contributed by atoms with E-state index in [9.17, 15) is 0 Å². The Morgan fingerprint density at radius 1 is 1.71 bits per heavy atom. The minimum absolute atomic E-state index is 0.0231. The standard InChI is InChI=1S/C9H13ClN2OS/c1-6(11)8(5-13)14-9-7(10)3-2-4-12-9/h2-4,6,8,13H,5,11H2,1H3. The van der Waals surface area contributed by atoms with E-state index in [1.165, 1.54) is 11.8 Å². The number of hydrogen-bond acceptors (Lipinski definition) is 4. The van der Waals surface area contributed by atoms with Crippen molar-refractivity contribution in [1.82, 2.24) is 4.98 Å². The number of aromatic nitrogens is 1. The minimum Gasteiger partial charge on any atom is -0.395 e. The second-order valence-corrected chi connectivity index (χ2v) is 4.62. The third-order valence-corrected chi connectivity index (χ3v) is 3.60. The summed E-state index contributed by atoms with van der Waals surface area (Å²) < 4.78 is 0. The quantitative estimate of drug-likeness (QED) is 0.774. The normalized spacial score (nSPS) is 15.1. The molecule has 3 nitrogen and oxygen atoms in total. The number of aliphatic hydroxyl groups is 1. The van der Waals surface area contributed by atoms with E-state index in [0.29, 0.717) is 10.0 Å². The molecule has 0 radical (unpaired) electrons. The number of pyridine rings is 1. The Hall–Kier alpha value is -0.290. The summed E-state index contributed by atoms with van der Waals surface area (Å²) in [4.78, 5) is 4.11. The Labute approximate surface area is 92.7 Å². The third-order valence-electron chi connectivity index (χ3n) is 1.75. The largest absolute Gasteiger partial charge is 0.395 e. The predicted molar refractivity (Wildman–Crippen MR) is 59.6 cm³/mol. The molecule has 0 aliphatic carbocycles. The zero-order chi connectivity index (χ0) is 10.6. The summed E-state index contributed by atoms with van der Waals surface area (Å²) in [7, 11) is 0. The lowest BCUT2D eigenvalue weighted by Crippen LogP contribution is -2.31. The third kappa shape index (κ3) is 3.13. The SMILES string of the molecule is CC(N)C(CO)Sc1ncccc1Cl. The average molecular weight is 233 g/mol. The molecule has 14 heavy (non-hydrogen) atoms. The lowest BCUT2D eigenvalue weighted by molar-refractivity contribution is 0.285. The molecule has 0 amide bonds. The van der Waals surface area contributed by atoms with Gasteiger partial charge in [0.05, 0.1) is 11.6 Å². The molecule has 1 aromatic rings. The van der Waals surface area contributed by atoms with Gasteiger partial charge < -0.3 is 10.8 Å². The first kappa shape index (κ1) is 11.8. The van der Waals surface area contributed by atoms with Crippen molar-refractivity contribution in [2.45, 2.75) is 23.2 Å². The van der Waals surface area contributed by atoms with Gasteiger partial charge in [0.1, 0.15) is 5.03 Å². The Kier molecular flexibility index (Phi) is 4.68. The van der Waals surface area contributed by atoms with Crippen LogP contribution >= 0.6 is 23.4 Å². The number of nitrogens with two attached hydrogens (primary N) is 1. The van der Waals surface area contributed by atoms with Crippen molar-refractivity contribution >= 4 is 23.4 Å². The van der Waals surface area contributed by atoms with Gasteiger partial charge in [-0.3, -0.25) is 0 Å². The van der Waals surface area contributed by atoms with Crippen LogP contribution in [0.15, 0.2) is 23.4 Å². The molecule has 2 atom stereocenters. The van der Waals surface area contributed by atoms with Gasteiger partial charge in [-0.2, -0.15) is 0 Å². The first-order valence-corrected chi connectivity index (χ1v) is 5.54. The monoisotopic (exact) mass is 232 g/mol. The molecule has 5 heteroatoms. The second-order valence-electron chi connectivity index (χ2n) is 2.99. The van der Waals surface area contributed by atoms with Crippen LogP contribution in [0.4, 0.5) is 0 Å². The van der Waals surface area contributed by atoms with Crippen molar-refractivity contribution in [2.24, 2.45) is 5.73 Å². The Morgan fingerprint density at radius 2 is 2.43 bits per heavy atom. The lowest BCUT2D eigenvalue weighted by atomic mass is 10.3. The number of thioether (sulfide) groups is 1. The van der Waals surface area contributed by atoms with E-state index in [4.69, 9.17) is 22.4 Å². The molecule has 0 aliphatic heterocycles. The van der Waals surface area contributed by atoms with Gasteiger partial charge in [-0.25, -0.2) is 4.98 Å². The highest BCUT2D eigenvalue weighted by Crippen LogP contribution is 2.28. The van der Waals surface area contributed by atoms with Crippen LogP contribution in [0.2, 0.25) is 5.02 Å². The molecule has 0 saturated heterocycles. The Morgan fingerprint density at radius 3 is 2.93 bits per heavy atom. The van der Waals surface area contributed by atoms with Gasteiger partial charge >= 0.3 is 0 Å². The van der Waals surface area contributed by atoms with E-state index in [0.717, 1.165) is 0 Å². The van der Waals surface area contributed by atoms with E-state index in [1.54, 1.807) is 18.3 Å². The number of halogens is 1. The number of aliphatic hydroxyl groups excluding tert-OH is 1. The molecule has 78 valence electrons. The van der Waals surface area contributed by atoms with E-state index in [-0.39, 0.29) is 17.9 Å². The predicted octanol–water partition coefficient (Wildman–Crippen LogP) is 1.54. The molecule has 1 aromatic heterocycles. The van der Waals surface area contributed by atoms with Gasteiger partial charge in [-0.1, -0.05) is 23.4 Å². The summed E-state index contributed by atoms with van der Waals surface area (Å²) in [6, 6.07) is 3.45. The fourth-order valence-electron chi connectivity index (χ4n) is 0.912. The number of nitrogens with zero attached hydrogens (tertiary/aromatic N) is 1. The molecular weight excluding hydrogens is 220 g/mol. The molecule has 0 aromatic carbocycles. The molecule has 0 aliphatic rings. The van der Waals surface area contributed by atoms with Crippen molar-refractivity contribution in [1.29, 1.82) is 0 Å². The van der Waals surface area contributed by atoms with Crippen LogP contribution in [0.1, 0.15) is 6.92 Å². The van der Waals surface area contributed by atoms with Gasteiger partial charge in [-0.15, -0.1) is 0 Å². The molecule has 0 fully saturated rings. The van der Waals surface area contributed by atoms with Crippen molar-refractivity contribution < 1.29 is 5.11 Å². The summed E-state index contributed by atoms with van der Waals surface area (Å²) >= 11 is 7.33. The fourth-order valence-corrected chi connectivity index (χ4v) is 2.05. The van der Waals surface area contributed by atoms with Gasteiger partial charge in [0.15, 0.2) is 0 Å². The Bertz CT molecular complexity index is 296. The molecular formula is C9H13ClN2OS. The van der Waals surface area contributed by atoms with Crippen molar-refractivity contribution in [2.75, 3.05) is 6.61 Å². The molecule has 0 spiro atoms. The summed E-state index contributed by atoms with van der Waals surface area (Å²) in [5, 5.41) is 10.3. The van der Waals surface area contributed by atoms with Crippen LogP contribution in [-0.4, -0.2) is 28.0 Å². The zero-order valence-electron chi connectivity index (χ0n) is 7.85. The molecule has 1 heterocycles. The van der Waals surface area contributed by atoms with E-state index in [2.05, 4.69) is 4.98 Å². The highest BCUT2D eigenvalue weighted by atomic mass is 35.5. The molecule has 0 bridgehead atoms. The second kappa shape index (κ2) is 5.56. The van der Waals surface area contributed by atoms with Gasteiger partial charge in [0.25, 0.3) is 0 Å². The van der Waals surface area contributed by atoms with Gasteiger partial charge in [0, 0.05) is 17.5 Å². The van der Waals surface area contributed by atoms with Crippen LogP contribution < -0.4 is 5.73 Å². The fraction of sp³-hybridized carbons (Fsp3) is 0.444. The van der Waals surface area contributed by atoms with Crippen LogP contribution in [0.3, 0.4) is 0 Å². The summed E-state index contributed by atoms with van der Waals surface area (Å²) in [6.07, 6.45) is 1.67. The molecule has 1 rings (SSSR count). The van der Waals surface area contributed by atoms with Crippen LogP contribution in [-0.2, 0) is 0 Å². The highest BCUT2D eigenvalue weighted by molar-refractivity contribution is 8.00. The maximum Gasteiger partial charge on any atom is 0.115 e. The van der Waals surface area contributed by atoms with Crippen molar-refractivity contribution in [3.8, 4) is 0 Å². The summed E-state index contributed by atoms with van der Waals surface area (Å²) in [5.41, 5.74) is 5.69. The topological polar surface area (TPSA) is 59.1 Å². The molecule has 3 N–H and O–H groups in total. The van der Waals surface area contributed by atoms with Crippen LogP contribution in [0.5, 0.6) is 0 Å². The summed E-state index contributed by atoms with van der Waals surface area (Å²) in [5.74, 6) is 0. The smallest absolute Gasteiger partial charge is 0.115 e. The van der Waals surface area contributed by atoms with Gasteiger partial charge in [-0.05, 0) is 19.1 Å². The van der Waals surface area contributed by atoms with E-state index in [1.807, 2.05) is 6.92 Å². The zero-order valence-corrected chi connectivity index (χ0v) is 9.42. The van der Waals surface area contributed by atoms with Crippen LogP contribution in [0, 0.1) is 0 Å². The van der Waals surface area contributed by atoms with Crippen molar-refractivity contribution in [3.63, 3.8) is 0 Å². The first-order chi connectivity index (χ1) is 6.65. The van der Waals surface area contributed by atoms with Crippen LogP contribution in [0.25, 0.3) is 0 Å². The van der Waals surface area contributed by atoms with E-state index < -0.39 is 0 Å². The highest BCUT2D eigenvalue weighted by Gasteiger charge is 2.16. The number of hydrogen-bond donors (Lipinski definition) is 2. The molecule has 0 saturated carbocycles. The molecule has 2 unspecified atom stereocenters. The summed E-state index contributed by atoms with van der Waals surface area (Å²) in [6.45, 7) is 1.87. The lowest BCUT2D eigenvalue weighted by Gasteiger charge is -2.17. The maximum atomic E-state index is 9.08. The van der Waals surface area contributed by atoms with Crippen molar-refractivity contribution in [3.05, 3.63) is 23.4 Å². The Balaban J connectivity index is 2.72. The maximum absolute atomic E-state index is 9.08. The number of rotatable bonds is 4. The van der Waals surface area contributed by atoms with E-state index >= 15 is 0 Å². The minimum atomic E-state index is -0.0944. The first-order valence-electron chi connectivity index (χ1n) is 4.28. The van der Waals surface area contributed by atoms with Gasteiger partial charge in [0.2, 0.25) is 0 Å². The average Bonchev–Trinajstić information content (AvgIpc) is 2.16.